The number of anilines is 1. The van der Waals surface area contributed by atoms with E-state index in [1.807, 2.05) is 6.92 Å². The molecule has 0 aliphatic carbocycles. The van der Waals surface area contributed by atoms with Crippen molar-refractivity contribution in [2.24, 2.45) is 0 Å². The Morgan fingerprint density at radius 3 is 2.75 bits per heavy atom. The molecular formula is C11H14BrClN2O. The number of halogens is 2. The van der Waals surface area contributed by atoms with Gasteiger partial charge in [0.25, 0.3) is 5.91 Å². The summed E-state index contributed by atoms with van der Waals surface area (Å²) >= 11 is 9.29. The lowest BCUT2D eigenvalue weighted by Gasteiger charge is -2.11. The molecule has 3 nitrogen and oxygen atoms in total. The Morgan fingerprint density at radius 1 is 1.50 bits per heavy atom. The molecule has 0 bridgehead atoms. The van der Waals surface area contributed by atoms with Crippen LogP contribution in [0.4, 0.5) is 5.69 Å². The zero-order valence-corrected chi connectivity index (χ0v) is 11.6. The first-order chi connectivity index (χ1) is 7.60. The van der Waals surface area contributed by atoms with Gasteiger partial charge in [-0.1, -0.05) is 18.5 Å². The van der Waals surface area contributed by atoms with Crippen LogP contribution in [0.15, 0.2) is 16.6 Å². The number of hydrogen-bond acceptors (Lipinski definition) is 2. The molecule has 0 atom stereocenters. The average Bonchev–Trinajstić information content (AvgIpc) is 2.24. The molecule has 0 aliphatic heterocycles. The van der Waals surface area contributed by atoms with Gasteiger partial charge in [-0.2, -0.15) is 0 Å². The topological polar surface area (TPSA) is 41.1 Å². The fourth-order valence-electron chi connectivity index (χ4n) is 1.34. The Labute approximate surface area is 109 Å². The second kappa shape index (κ2) is 6.11. The van der Waals surface area contributed by atoms with Crippen molar-refractivity contribution in [3.8, 4) is 0 Å². The summed E-state index contributed by atoms with van der Waals surface area (Å²) in [7, 11) is 1.77. The summed E-state index contributed by atoms with van der Waals surface area (Å²) in [5.74, 6) is -0.116. The maximum atomic E-state index is 11.9. The van der Waals surface area contributed by atoms with Crippen LogP contribution in [-0.4, -0.2) is 19.5 Å². The minimum absolute atomic E-state index is 0.116. The molecule has 1 aromatic carbocycles. The van der Waals surface area contributed by atoms with E-state index >= 15 is 0 Å². The third kappa shape index (κ3) is 3.12. The number of amides is 1. The fraction of sp³-hybridized carbons (Fsp3) is 0.364. The third-order valence-electron chi connectivity index (χ3n) is 2.09. The average molecular weight is 306 g/mol. The summed E-state index contributed by atoms with van der Waals surface area (Å²) in [6, 6.07) is 3.41. The Morgan fingerprint density at radius 2 is 2.19 bits per heavy atom. The molecule has 0 unspecified atom stereocenters. The fourth-order valence-corrected chi connectivity index (χ4v) is 2.35. The highest BCUT2D eigenvalue weighted by Crippen LogP contribution is 2.30. The lowest BCUT2D eigenvalue weighted by molar-refractivity contribution is 0.0954. The van der Waals surface area contributed by atoms with E-state index < -0.39 is 0 Å². The van der Waals surface area contributed by atoms with Crippen molar-refractivity contribution in [3.63, 3.8) is 0 Å². The van der Waals surface area contributed by atoms with Gasteiger partial charge in [0, 0.05) is 23.1 Å². The molecule has 0 radical (unpaired) electrons. The first-order valence-corrected chi connectivity index (χ1v) is 6.22. The highest BCUT2D eigenvalue weighted by molar-refractivity contribution is 9.10. The molecule has 0 aromatic heterocycles. The van der Waals surface area contributed by atoms with Gasteiger partial charge in [0.1, 0.15) is 0 Å². The van der Waals surface area contributed by atoms with Crippen LogP contribution in [0, 0.1) is 0 Å². The van der Waals surface area contributed by atoms with Crippen LogP contribution in [-0.2, 0) is 0 Å². The molecule has 0 heterocycles. The van der Waals surface area contributed by atoms with Crippen LogP contribution >= 0.6 is 27.5 Å². The number of hydrogen-bond donors (Lipinski definition) is 2. The van der Waals surface area contributed by atoms with Gasteiger partial charge < -0.3 is 10.6 Å². The van der Waals surface area contributed by atoms with Gasteiger partial charge in [-0.25, -0.2) is 0 Å². The highest BCUT2D eigenvalue weighted by Gasteiger charge is 2.13. The van der Waals surface area contributed by atoms with Crippen molar-refractivity contribution in [2.45, 2.75) is 13.3 Å². The van der Waals surface area contributed by atoms with Crippen molar-refractivity contribution in [3.05, 3.63) is 27.2 Å². The predicted molar refractivity (Wildman–Crippen MR) is 71.3 cm³/mol. The second-order valence-electron chi connectivity index (χ2n) is 3.32. The van der Waals surface area contributed by atoms with Gasteiger partial charge >= 0.3 is 0 Å². The van der Waals surface area contributed by atoms with E-state index in [4.69, 9.17) is 11.6 Å². The maximum Gasteiger partial charge on any atom is 0.253 e. The third-order valence-corrected chi connectivity index (χ3v) is 2.93. The van der Waals surface area contributed by atoms with E-state index in [2.05, 4.69) is 26.6 Å². The Kier molecular flexibility index (Phi) is 5.09. The molecule has 88 valence electrons. The molecule has 0 aliphatic rings. The van der Waals surface area contributed by atoms with Crippen molar-refractivity contribution in [1.29, 1.82) is 0 Å². The van der Waals surface area contributed by atoms with Gasteiger partial charge in [-0.05, 0) is 34.5 Å². The van der Waals surface area contributed by atoms with E-state index in [9.17, 15) is 4.79 Å². The van der Waals surface area contributed by atoms with Gasteiger partial charge in [-0.3, -0.25) is 4.79 Å². The molecule has 0 spiro atoms. The summed E-state index contributed by atoms with van der Waals surface area (Å²) in [5.41, 5.74) is 1.30. The molecule has 1 aromatic rings. The SMILES string of the molecule is CCCNC(=O)c1cc(Cl)cc(Br)c1NC. The number of carbonyl (C=O) groups excluding carboxylic acids is 1. The number of nitrogens with one attached hydrogen (secondary N) is 2. The zero-order valence-electron chi connectivity index (χ0n) is 9.23. The van der Waals surface area contributed by atoms with Crippen molar-refractivity contribution < 1.29 is 4.79 Å². The van der Waals surface area contributed by atoms with Gasteiger partial charge in [-0.15, -0.1) is 0 Å². The number of rotatable bonds is 4. The van der Waals surface area contributed by atoms with Crippen molar-refractivity contribution >= 4 is 39.1 Å². The van der Waals surface area contributed by atoms with Crippen LogP contribution < -0.4 is 10.6 Å². The van der Waals surface area contributed by atoms with Crippen LogP contribution in [0.2, 0.25) is 5.02 Å². The summed E-state index contributed by atoms with van der Waals surface area (Å²) < 4.78 is 0.782. The largest absolute Gasteiger partial charge is 0.387 e. The second-order valence-corrected chi connectivity index (χ2v) is 4.61. The molecule has 16 heavy (non-hydrogen) atoms. The zero-order chi connectivity index (χ0) is 12.1. The predicted octanol–water partition coefficient (Wildman–Crippen LogP) is 3.28. The number of carbonyl (C=O) groups is 1. The minimum Gasteiger partial charge on any atom is -0.387 e. The van der Waals surface area contributed by atoms with Gasteiger partial charge in [0.2, 0.25) is 0 Å². The standard InChI is InChI=1S/C11H14BrClN2O/c1-3-4-15-11(16)8-5-7(13)6-9(12)10(8)14-2/h5-6,14H,3-4H2,1-2H3,(H,15,16). The van der Waals surface area contributed by atoms with E-state index in [0.717, 1.165) is 16.6 Å². The Bertz CT molecular complexity index is 396. The van der Waals surface area contributed by atoms with Crippen LogP contribution in [0.3, 0.4) is 0 Å². The Balaban J connectivity index is 3.05. The van der Waals surface area contributed by atoms with E-state index in [-0.39, 0.29) is 5.91 Å². The maximum absolute atomic E-state index is 11.9. The van der Waals surface area contributed by atoms with Crippen molar-refractivity contribution in [2.75, 3.05) is 18.9 Å². The van der Waals surface area contributed by atoms with E-state index in [0.29, 0.717) is 17.1 Å². The van der Waals surface area contributed by atoms with Crippen molar-refractivity contribution in [1.82, 2.24) is 5.32 Å². The lowest BCUT2D eigenvalue weighted by Crippen LogP contribution is -2.25. The number of benzene rings is 1. The monoisotopic (exact) mass is 304 g/mol. The smallest absolute Gasteiger partial charge is 0.253 e. The Hall–Kier alpha value is -0.740. The molecule has 5 heteroatoms. The lowest BCUT2D eigenvalue weighted by atomic mass is 10.1. The van der Waals surface area contributed by atoms with Crippen LogP contribution in [0.5, 0.6) is 0 Å². The first kappa shape index (κ1) is 13.3. The van der Waals surface area contributed by atoms with Gasteiger partial charge in [0.05, 0.1) is 11.3 Å². The quantitative estimate of drug-likeness (QED) is 0.896. The molecular weight excluding hydrogens is 291 g/mol. The molecule has 0 saturated heterocycles. The highest BCUT2D eigenvalue weighted by atomic mass is 79.9. The summed E-state index contributed by atoms with van der Waals surface area (Å²) in [6.45, 7) is 2.67. The van der Waals surface area contributed by atoms with E-state index in [1.54, 1.807) is 19.2 Å². The molecule has 0 saturated carbocycles. The minimum atomic E-state index is -0.116. The van der Waals surface area contributed by atoms with Gasteiger partial charge in [0.15, 0.2) is 0 Å². The first-order valence-electron chi connectivity index (χ1n) is 5.05. The molecule has 0 fully saturated rings. The molecule has 1 rings (SSSR count). The van der Waals surface area contributed by atoms with Crippen LogP contribution in [0.1, 0.15) is 23.7 Å². The summed E-state index contributed by atoms with van der Waals surface area (Å²) in [6.07, 6.45) is 0.905. The normalized spacial score (nSPS) is 10.0. The molecule has 1 amide bonds. The summed E-state index contributed by atoms with van der Waals surface area (Å²) in [5, 5.41) is 6.34. The summed E-state index contributed by atoms with van der Waals surface area (Å²) in [4.78, 5) is 11.9. The van der Waals surface area contributed by atoms with Crippen LogP contribution in [0.25, 0.3) is 0 Å². The van der Waals surface area contributed by atoms with E-state index in [1.165, 1.54) is 0 Å². The molecule has 2 N–H and O–H groups in total.